The number of halogens is 1. The van der Waals surface area contributed by atoms with Crippen molar-refractivity contribution in [2.75, 3.05) is 30.3 Å². The first-order chi connectivity index (χ1) is 9.40. The first-order valence-electron chi connectivity index (χ1n) is 6.91. The summed E-state index contributed by atoms with van der Waals surface area (Å²) in [6.07, 6.45) is 0. The van der Waals surface area contributed by atoms with Crippen LogP contribution in [-0.2, 0) is 4.74 Å². The molecule has 0 atom stereocenters. The summed E-state index contributed by atoms with van der Waals surface area (Å²) < 4.78 is 5.10. The number of nitrogens with zero attached hydrogens (tertiary/aromatic N) is 1. The van der Waals surface area contributed by atoms with Crippen molar-refractivity contribution in [2.45, 2.75) is 27.7 Å². The zero-order chi connectivity index (χ0) is 15.3. The number of carbonyl (C=O) groups excluding carboxylic acids is 1. The number of carbonyl (C=O) groups is 1. The Hall–Kier alpha value is -1.42. The maximum atomic E-state index is 12.1. The molecular weight excluding hydrogens is 276 g/mol. The maximum Gasteiger partial charge on any atom is 0.340 e. The molecule has 0 spiro atoms. The summed E-state index contributed by atoms with van der Waals surface area (Å²) in [6.45, 7) is 9.94. The number of hydrogen-bond acceptors (Lipinski definition) is 4. The van der Waals surface area contributed by atoms with Crippen LogP contribution in [0.4, 0.5) is 11.4 Å². The average Bonchev–Trinajstić information content (AvgIpc) is 2.35. The highest BCUT2D eigenvalue weighted by molar-refractivity contribution is 6.34. The average molecular weight is 299 g/mol. The molecule has 0 fully saturated rings. The molecule has 0 amide bonds. The van der Waals surface area contributed by atoms with Gasteiger partial charge in [0.25, 0.3) is 0 Å². The van der Waals surface area contributed by atoms with Crippen LogP contribution in [0.2, 0.25) is 5.02 Å². The number of nitrogens with two attached hydrogens (primary N) is 1. The lowest BCUT2D eigenvalue weighted by atomic mass is 10.1. The third kappa shape index (κ3) is 4.04. The standard InChI is InChI=1S/C15H23ClN2O2/c1-5-18(9-10(3)4)14-12(15(19)20-6-2)7-11(17)8-13(14)16/h7-8,10H,5-6,9,17H2,1-4H3. The fourth-order valence-corrected chi connectivity index (χ4v) is 2.47. The summed E-state index contributed by atoms with van der Waals surface area (Å²) in [5.41, 5.74) is 7.39. The summed E-state index contributed by atoms with van der Waals surface area (Å²) in [6, 6.07) is 3.30. The first kappa shape index (κ1) is 16.6. The van der Waals surface area contributed by atoms with Gasteiger partial charge in [-0.05, 0) is 31.9 Å². The van der Waals surface area contributed by atoms with Gasteiger partial charge in [0.05, 0.1) is 22.9 Å². The van der Waals surface area contributed by atoms with Crippen molar-refractivity contribution >= 4 is 28.9 Å². The zero-order valence-corrected chi connectivity index (χ0v) is 13.3. The minimum absolute atomic E-state index is 0.320. The fraction of sp³-hybridized carbons (Fsp3) is 0.533. The molecule has 0 radical (unpaired) electrons. The minimum atomic E-state index is -0.390. The van der Waals surface area contributed by atoms with Crippen LogP contribution >= 0.6 is 11.6 Å². The Balaban J connectivity index is 3.30. The lowest BCUT2D eigenvalue weighted by Crippen LogP contribution is -2.29. The van der Waals surface area contributed by atoms with Gasteiger partial charge in [0.1, 0.15) is 0 Å². The summed E-state index contributed by atoms with van der Waals surface area (Å²) in [5, 5.41) is 0.482. The molecule has 2 N–H and O–H groups in total. The van der Waals surface area contributed by atoms with E-state index in [0.717, 1.165) is 13.1 Å². The van der Waals surface area contributed by atoms with Crippen molar-refractivity contribution in [3.05, 3.63) is 22.7 Å². The van der Waals surface area contributed by atoms with E-state index in [0.29, 0.717) is 34.5 Å². The second-order valence-electron chi connectivity index (χ2n) is 5.05. The Kier molecular flexibility index (Phi) is 6.14. The molecule has 0 aliphatic heterocycles. The van der Waals surface area contributed by atoms with Crippen molar-refractivity contribution in [1.29, 1.82) is 0 Å². The molecule has 0 aliphatic rings. The van der Waals surface area contributed by atoms with E-state index in [1.807, 2.05) is 6.92 Å². The number of esters is 1. The van der Waals surface area contributed by atoms with Crippen LogP contribution in [0.1, 0.15) is 38.1 Å². The minimum Gasteiger partial charge on any atom is -0.462 e. The molecule has 1 aromatic rings. The lowest BCUT2D eigenvalue weighted by molar-refractivity contribution is 0.0527. The monoisotopic (exact) mass is 298 g/mol. The van der Waals surface area contributed by atoms with Gasteiger partial charge in [-0.2, -0.15) is 0 Å². The Morgan fingerprint density at radius 2 is 2.05 bits per heavy atom. The van der Waals surface area contributed by atoms with Crippen LogP contribution < -0.4 is 10.6 Å². The Labute approximate surface area is 125 Å². The summed E-state index contributed by atoms with van der Waals surface area (Å²) in [5.74, 6) is 0.0671. The zero-order valence-electron chi connectivity index (χ0n) is 12.6. The van der Waals surface area contributed by atoms with E-state index in [1.165, 1.54) is 0 Å². The fourth-order valence-electron chi connectivity index (χ4n) is 2.13. The highest BCUT2D eigenvalue weighted by atomic mass is 35.5. The molecule has 0 bridgehead atoms. The largest absolute Gasteiger partial charge is 0.462 e. The molecule has 0 saturated carbocycles. The van der Waals surface area contributed by atoms with E-state index in [-0.39, 0.29) is 5.97 Å². The van der Waals surface area contributed by atoms with E-state index >= 15 is 0 Å². The van der Waals surface area contributed by atoms with E-state index in [1.54, 1.807) is 19.1 Å². The molecular formula is C15H23ClN2O2. The molecule has 112 valence electrons. The van der Waals surface area contributed by atoms with E-state index in [2.05, 4.69) is 18.7 Å². The van der Waals surface area contributed by atoms with Crippen LogP contribution in [0, 0.1) is 5.92 Å². The lowest BCUT2D eigenvalue weighted by Gasteiger charge is -2.28. The normalized spacial score (nSPS) is 10.7. The van der Waals surface area contributed by atoms with Gasteiger partial charge in [-0.1, -0.05) is 25.4 Å². The second kappa shape index (κ2) is 7.39. The third-order valence-corrected chi connectivity index (χ3v) is 3.15. The van der Waals surface area contributed by atoms with E-state index in [9.17, 15) is 4.79 Å². The van der Waals surface area contributed by atoms with Gasteiger partial charge in [-0.25, -0.2) is 4.79 Å². The molecule has 0 aliphatic carbocycles. The second-order valence-corrected chi connectivity index (χ2v) is 5.46. The van der Waals surface area contributed by atoms with E-state index < -0.39 is 0 Å². The Bertz CT molecular complexity index is 475. The third-order valence-electron chi connectivity index (χ3n) is 2.86. The summed E-state index contributed by atoms with van der Waals surface area (Å²) in [7, 11) is 0. The smallest absolute Gasteiger partial charge is 0.340 e. The van der Waals surface area contributed by atoms with Crippen molar-refractivity contribution in [3.8, 4) is 0 Å². The highest BCUT2D eigenvalue weighted by Gasteiger charge is 2.21. The highest BCUT2D eigenvalue weighted by Crippen LogP contribution is 2.33. The van der Waals surface area contributed by atoms with Gasteiger partial charge in [0, 0.05) is 18.8 Å². The number of benzene rings is 1. The molecule has 0 unspecified atom stereocenters. The number of rotatable bonds is 6. The van der Waals surface area contributed by atoms with Crippen LogP contribution in [0.5, 0.6) is 0 Å². The Morgan fingerprint density at radius 3 is 2.55 bits per heavy atom. The molecule has 5 heteroatoms. The van der Waals surface area contributed by atoms with Crippen molar-refractivity contribution < 1.29 is 9.53 Å². The molecule has 4 nitrogen and oxygen atoms in total. The number of anilines is 2. The van der Waals surface area contributed by atoms with Crippen molar-refractivity contribution in [1.82, 2.24) is 0 Å². The summed E-state index contributed by atoms with van der Waals surface area (Å²) >= 11 is 6.31. The summed E-state index contributed by atoms with van der Waals surface area (Å²) in [4.78, 5) is 14.2. The van der Waals surface area contributed by atoms with Crippen LogP contribution in [0.15, 0.2) is 12.1 Å². The molecule has 1 rings (SSSR count). The number of nitrogen functional groups attached to an aromatic ring is 1. The molecule has 0 heterocycles. The van der Waals surface area contributed by atoms with Crippen LogP contribution in [0.3, 0.4) is 0 Å². The van der Waals surface area contributed by atoms with Gasteiger partial charge < -0.3 is 15.4 Å². The molecule has 20 heavy (non-hydrogen) atoms. The number of ether oxygens (including phenoxy) is 1. The van der Waals surface area contributed by atoms with E-state index in [4.69, 9.17) is 22.1 Å². The Morgan fingerprint density at radius 1 is 1.40 bits per heavy atom. The predicted molar refractivity (Wildman–Crippen MR) is 84.5 cm³/mol. The topological polar surface area (TPSA) is 55.6 Å². The molecule has 1 aromatic carbocycles. The van der Waals surface area contributed by atoms with Gasteiger partial charge in [-0.3, -0.25) is 0 Å². The van der Waals surface area contributed by atoms with Crippen LogP contribution in [-0.4, -0.2) is 25.7 Å². The molecule has 0 aromatic heterocycles. The van der Waals surface area contributed by atoms with Gasteiger partial charge >= 0.3 is 5.97 Å². The van der Waals surface area contributed by atoms with Crippen LogP contribution in [0.25, 0.3) is 0 Å². The van der Waals surface area contributed by atoms with Crippen molar-refractivity contribution in [2.24, 2.45) is 5.92 Å². The van der Waals surface area contributed by atoms with Gasteiger partial charge in [0.2, 0.25) is 0 Å². The first-order valence-corrected chi connectivity index (χ1v) is 7.29. The SMILES string of the molecule is CCOC(=O)c1cc(N)cc(Cl)c1N(CC)CC(C)C. The number of hydrogen-bond donors (Lipinski definition) is 1. The maximum absolute atomic E-state index is 12.1. The molecule has 0 saturated heterocycles. The quantitative estimate of drug-likeness (QED) is 0.644. The van der Waals surface area contributed by atoms with Crippen molar-refractivity contribution in [3.63, 3.8) is 0 Å². The predicted octanol–water partition coefficient (Wildman–Crippen LogP) is 3.58. The van der Waals surface area contributed by atoms with Gasteiger partial charge in [0.15, 0.2) is 0 Å². The van der Waals surface area contributed by atoms with Gasteiger partial charge in [-0.15, -0.1) is 0 Å².